The fourth-order valence-electron chi connectivity index (χ4n) is 3.35. The van der Waals surface area contributed by atoms with Gasteiger partial charge in [0.2, 0.25) is 0 Å². The predicted molar refractivity (Wildman–Crippen MR) is 141 cm³/mol. The molecule has 0 aliphatic rings. The monoisotopic (exact) mass is 527 g/mol. The van der Waals surface area contributed by atoms with Crippen molar-refractivity contribution in [3.8, 4) is 11.4 Å². The number of ether oxygens (including phenoxy) is 1. The third-order valence-electron chi connectivity index (χ3n) is 5.12. The number of anilines is 1. The van der Waals surface area contributed by atoms with Crippen molar-refractivity contribution in [2.45, 2.75) is 24.4 Å². The molecule has 0 saturated heterocycles. The molecule has 0 bridgehead atoms. The minimum Gasteiger partial charge on any atom is -0.497 e. The van der Waals surface area contributed by atoms with Crippen LogP contribution in [0.15, 0.2) is 71.9 Å². The lowest BCUT2D eigenvalue weighted by atomic mass is 10.2. The number of nitrogens with one attached hydrogen (secondary N) is 2. The Morgan fingerprint density at radius 1 is 1.03 bits per heavy atom. The maximum atomic E-state index is 12.5. The number of hydrogen-bond acceptors (Lipinski definition) is 5. The van der Waals surface area contributed by atoms with Crippen molar-refractivity contribution in [2.75, 3.05) is 12.4 Å². The molecule has 0 fully saturated rings. The molecule has 35 heavy (non-hydrogen) atoms. The Bertz CT molecular complexity index is 1330. The average Bonchev–Trinajstić information content (AvgIpc) is 3.27. The summed E-state index contributed by atoms with van der Waals surface area (Å²) < 4.78 is 7.25. The number of urea groups is 1. The minimum atomic E-state index is -0.365. The van der Waals surface area contributed by atoms with E-state index in [0.29, 0.717) is 32.5 Å². The van der Waals surface area contributed by atoms with Gasteiger partial charge in [-0.05, 0) is 66.6 Å². The molecule has 0 saturated carbocycles. The Labute approximate surface area is 217 Å². The van der Waals surface area contributed by atoms with E-state index in [2.05, 4.69) is 20.8 Å². The standard InChI is InChI=1S/C25H23Cl2N5O2S/c1-16-6-7-19(27)13-22(16)32-23(14-28-24(33)29-20-10-8-18(26)9-11-20)30-31-25(32)35-15-17-4-3-5-21(12-17)34-2/h3-13H,14-15H2,1-2H3,(H2,28,29,33). The molecule has 4 rings (SSSR count). The number of halogens is 2. The molecule has 0 aliphatic carbocycles. The van der Waals surface area contributed by atoms with Gasteiger partial charge in [0, 0.05) is 21.5 Å². The molecule has 10 heteroatoms. The summed E-state index contributed by atoms with van der Waals surface area (Å²) in [5.74, 6) is 2.04. The van der Waals surface area contributed by atoms with Gasteiger partial charge in [0.05, 0.1) is 19.3 Å². The van der Waals surface area contributed by atoms with E-state index in [-0.39, 0.29) is 12.6 Å². The Morgan fingerprint density at radius 3 is 2.57 bits per heavy atom. The van der Waals surface area contributed by atoms with Crippen LogP contribution in [0.5, 0.6) is 5.75 Å². The van der Waals surface area contributed by atoms with E-state index >= 15 is 0 Å². The number of aryl methyl sites for hydroxylation is 1. The van der Waals surface area contributed by atoms with Crippen LogP contribution in [0.2, 0.25) is 10.0 Å². The molecule has 0 atom stereocenters. The van der Waals surface area contributed by atoms with Gasteiger partial charge in [0.25, 0.3) is 0 Å². The summed E-state index contributed by atoms with van der Waals surface area (Å²) in [6, 6.07) is 20.0. The Morgan fingerprint density at radius 2 is 1.80 bits per heavy atom. The summed E-state index contributed by atoms with van der Waals surface area (Å²) in [7, 11) is 1.65. The highest BCUT2D eigenvalue weighted by Crippen LogP contribution is 2.29. The largest absolute Gasteiger partial charge is 0.497 e. The average molecular weight is 528 g/mol. The smallest absolute Gasteiger partial charge is 0.319 e. The molecule has 0 aliphatic heterocycles. The summed E-state index contributed by atoms with van der Waals surface area (Å²) in [6.45, 7) is 2.16. The first-order valence-corrected chi connectivity index (χ1v) is 12.4. The number of hydrogen-bond donors (Lipinski definition) is 2. The molecule has 1 heterocycles. The summed E-state index contributed by atoms with van der Waals surface area (Å²) in [5, 5.41) is 16.3. The number of rotatable bonds is 8. The lowest BCUT2D eigenvalue weighted by molar-refractivity contribution is 0.251. The van der Waals surface area contributed by atoms with Gasteiger partial charge in [-0.1, -0.05) is 53.2 Å². The fraction of sp³-hybridized carbons (Fsp3) is 0.160. The molecular weight excluding hydrogens is 505 g/mol. The zero-order valence-electron chi connectivity index (χ0n) is 19.1. The molecule has 2 amide bonds. The van der Waals surface area contributed by atoms with Crippen LogP contribution in [-0.4, -0.2) is 27.9 Å². The fourth-order valence-corrected chi connectivity index (χ4v) is 4.55. The Hall–Kier alpha value is -3.20. The molecule has 180 valence electrons. The second-order valence-electron chi connectivity index (χ2n) is 7.62. The number of thioether (sulfide) groups is 1. The topological polar surface area (TPSA) is 81.1 Å². The summed E-state index contributed by atoms with van der Waals surface area (Å²) in [6.07, 6.45) is 0. The summed E-state index contributed by atoms with van der Waals surface area (Å²) in [5.41, 5.74) is 3.58. The van der Waals surface area contributed by atoms with Crippen LogP contribution in [0.25, 0.3) is 5.69 Å². The van der Waals surface area contributed by atoms with E-state index in [1.54, 1.807) is 31.4 Å². The predicted octanol–water partition coefficient (Wildman–Crippen LogP) is 6.51. The zero-order chi connectivity index (χ0) is 24.8. The van der Waals surface area contributed by atoms with Gasteiger partial charge in [0.1, 0.15) is 5.75 Å². The van der Waals surface area contributed by atoms with E-state index in [1.165, 1.54) is 11.8 Å². The second kappa shape index (κ2) is 11.5. The van der Waals surface area contributed by atoms with Crippen LogP contribution < -0.4 is 15.4 Å². The number of carbonyl (C=O) groups excluding carboxylic acids is 1. The molecule has 7 nitrogen and oxygen atoms in total. The van der Waals surface area contributed by atoms with Gasteiger partial charge in [-0.25, -0.2) is 4.79 Å². The van der Waals surface area contributed by atoms with Crippen molar-refractivity contribution in [1.29, 1.82) is 0 Å². The van der Waals surface area contributed by atoms with Crippen LogP contribution in [-0.2, 0) is 12.3 Å². The van der Waals surface area contributed by atoms with Gasteiger partial charge >= 0.3 is 6.03 Å². The number of methoxy groups -OCH3 is 1. The summed E-state index contributed by atoms with van der Waals surface area (Å²) >= 11 is 13.8. The molecule has 0 unspecified atom stereocenters. The Balaban J connectivity index is 1.55. The van der Waals surface area contributed by atoms with E-state index in [1.807, 2.05) is 54.0 Å². The normalized spacial score (nSPS) is 10.7. The molecule has 4 aromatic rings. The molecule has 1 aromatic heterocycles. The van der Waals surface area contributed by atoms with Crippen molar-refractivity contribution in [1.82, 2.24) is 20.1 Å². The maximum Gasteiger partial charge on any atom is 0.319 e. The molecule has 0 spiro atoms. The van der Waals surface area contributed by atoms with Crippen LogP contribution in [0.1, 0.15) is 17.0 Å². The van der Waals surface area contributed by atoms with Crippen LogP contribution >= 0.6 is 35.0 Å². The number of amides is 2. The first-order chi connectivity index (χ1) is 16.9. The lowest BCUT2D eigenvalue weighted by Crippen LogP contribution is -2.29. The summed E-state index contributed by atoms with van der Waals surface area (Å²) in [4.78, 5) is 12.5. The van der Waals surface area contributed by atoms with Gasteiger partial charge < -0.3 is 15.4 Å². The van der Waals surface area contributed by atoms with Gasteiger partial charge in [-0.3, -0.25) is 4.57 Å². The van der Waals surface area contributed by atoms with E-state index in [9.17, 15) is 4.79 Å². The minimum absolute atomic E-state index is 0.165. The zero-order valence-corrected chi connectivity index (χ0v) is 21.4. The molecule has 3 aromatic carbocycles. The highest BCUT2D eigenvalue weighted by Gasteiger charge is 2.17. The highest BCUT2D eigenvalue weighted by molar-refractivity contribution is 7.98. The van der Waals surface area contributed by atoms with Crippen LogP contribution in [0, 0.1) is 6.92 Å². The lowest BCUT2D eigenvalue weighted by Gasteiger charge is -2.14. The molecule has 0 radical (unpaired) electrons. The number of aromatic nitrogens is 3. The SMILES string of the molecule is COc1cccc(CSc2nnc(CNC(=O)Nc3ccc(Cl)cc3)n2-c2cc(Cl)ccc2C)c1. The quantitative estimate of drug-likeness (QED) is 0.255. The van der Waals surface area contributed by atoms with Gasteiger partial charge in [-0.15, -0.1) is 10.2 Å². The van der Waals surface area contributed by atoms with Crippen molar-refractivity contribution in [2.24, 2.45) is 0 Å². The third kappa shape index (κ3) is 6.48. The second-order valence-corrected chi connectivity index (χ2v) is 9.44. The van der Waals surface area contributed by atoms with E-state index in [0.717, 1.165) is 22.6 Å². The molecular formula is C25H23Cl2N5O2S. The van der Waals surface area contributed by atoms with E-state index < -0.39 is 0 Å². The van der Waals surface area contributed by atoms with Crippen LogP contribution in [0.3, 0.4) is 0 Å². The van der Waals surface area contributed by atoms with Crippen molar-refractivity contribution < 1.29 is 9.53 Å². The maximum absolute atomic E-state index is 12.5. The number of benzene rings is 3. The van der Waals surface area contributed by atoms with Crippen molar-refractivity contribution in [3.63, 3.8) is 0 Å². The number of nitrogens with zero attached hydrogens (tertiary/aromatic N) is 3. The first kappa shape index (κ1) is 24.9. The van der Waals surface area contributed by atoms with Crippen LogP contribution in [0.4, 0.5) is 10.5 Å². The Kier molecular flexibility index (Phi) is 8.17. The number of carbonyl (C=O) groups is 1. The van der Waals surface area contributed by atoms with Crippen molar-refractivity contribution in [3.05, 3.63) is 93.7 Å². The van der Waals surface area contributed by atoms with Gasteiger partial charge in [0.15, 0.2) is 11.0 Å². The highest BCUT2D eigenvalue weighted by atomic mass is 35.5. The molecule has 2 N–H and O–H groups in total. The first-order valence-electron chi connectivity index (χ1n) is 10.7. The third-order valence-corrected chi connectivity index (χ3v) is 6.61. The van der Waals surface area contributed by atoms with Crippen molar-refractivity contribution >= 4 is 46.7 Å². The van der Waals surface area contributed by atoms with Gasteiger partial charge in [-0.2, -0.15) is 0 Å². The van der Waals surface area contributed by atoms with E-state index in [4.69, 9.17) is 27.9 Å².